The third kappa shape index (κ3) is 8.79. The monoisotopic (exact) mass is 535 g/mol. The molecule has 0 aliphatic carbocycles. The maximum atomic E-state index is 13.3. The number of fused-ring (bicyclic) bond motifs is 1. The minimum absolute atomic E-state index is 0.0770. The molecule has 2 aromatic rings. The normalized spacial score (nSPS) is 14.4. The van der Waals surface area contributed by atoms with Gasteiger partial charge in [-0.05, 0) is 24.0 Å². The van der Waals surface area contributed by atoms with E-state index < -0.39 is 60.2 Å². The minimum atomic E-state index is -1.69. The van der Waals surface area contributed by atoms with Gasteiger partial charge in [0, 0.05) is 29.3 Å². The molecule has 4 unspecified atom stereocenters. The van der Waals surface area contributed by atoms with Crippen molar-refractivity contribution in [3.63, 3.8) is 0 Å². The van der Waals surface area contributed by atoms with Crippen LogP contribution in [0.1, 0.15) is 32.3 Å². The molecule has 0 spiro atoms. The zero-order valence-corrected chi connectivity index (χ0v) is 21.5. The Morgan fingerprint density at radius 1 is 0.946 bits per heavy atom. The first-order valence-corrected chi connectivity index (χ1v) is 12.3. The second kappa shape index (κ2) is 13.7. The molecular weight excluding hydrogens is 502 g/mol. The average Bonchev–Trinajstić information content (AvgIpc) is 3.23. The highest BCUT2D eigenvalue weighted by Crippen LogP contribution is 2.19. The van der Waals surface area contributed by atoms with Gasteiger partial charge in [0.05, 0.1) is 12.5 Å². The van der Waals surface area contributed by atoms with Crippen LogP contribution in [0.25, 0.3) is 10.9 Å². The molecule has 1 aromatic carbocycles. The van der Waals surface area contributed by atoms with Gasteiger partial charge in [0.15, 0.2) is 0 Å². The van der Waals surface area contributed by atoms with Gasteiger partial charge < -0.3 is 36.9 Å². The van der Waals surface area contributed by atoms with E-state index in [1.165, 1.54) is 0 Å². The van der Waals surface area contributed by atoms with Gasteiger partial charge in [-0.1, -0.05) is 32.0 Å². The fourth-order valence-electron chi connectivity index (χ4n) is 3.74. The number of carboxylic acid groups (broad SMARTS) is 2. The van der Waals surface area contributed by atoms with Crippen LogP contribution in [0.5, 0.6) is 0 Å². The molecule has 12 nitrogen and oxygen atoms in total. The van der Waals surface area contributed by atoms with Gasteiger partial charge in [0.2, 0.25) is 17.7 Å². The number of H-pyrrole nitrogens is 1. The summed E-state index contributed by atoms with van der Waals surface area (Å²) in [5.41, 5.74) is 7.58. The Labute approximate surface area is 219 Å². The maximum absolute atomic E-state index is 13.3. The van der Waals surface area contributed by atoms with Crippen molar-refractivity contribution >= 4 is 53.2 Å². The van der Waals surface area contributed by atoms with Crippen LogP contribution in [0.4, 0.5) is 0 Å². The number of aromatic amines is 1. The van der Waals surface area contributed by atoms with Gasteiger partial charge in [0.1, 0.15) is 18.1 Å². The summed E-state index contributed by atoms with van der Waals surface area (Å²) in [4.78, 5) is 64.0. The molecular formula is C24H33N5O7S. The lowest BCUT2D eigenvalue weighted by molar-refractivity contribution is -0.147. The largest absolute Gasteiger partial charge is 0.481 e. The van der Waals surface area contributed by atoms with E-state index in [0.717, 1.165) is 16.5 Å². The molecule has 37 heavy (non-hydrogen) atoms. The van der Waals surface area contributed by atoms with E-state index in [9.17, 15) is 29.1 Å². The topological polar surface area (TPSA) is 204 Å². The summed E-state index contributed by atoms with van der Waals surface area (Å²) in [6.45, 7) is 3.82. The second-order valence-electron chi connectivity index (χ2n) is 9.10. The molecule has 13 heteroatoms. The smallest absolute Gasteiger partial charge is 0.326 e. The SMILES string of the molecule is CC(C)CC(N)C(=O)NC(Cc1c[nH]c2ccccc12)C(=O)NC(CS)C(=O)NC(CC(=O)O)C(=O)O. The highest BCUT2D eigenvalue weighted by molar-refractivity contribution is 7.80. The Kier molecular flexibility index (Phi) is 10.9. The predicted octanol–water partition coefficient (Wildman–Crippen LogP) is 0.0273. The molecule has 1 heterocycles. The summed E-state index contributed by atoms with van der Waals surface area (Å²) in [6.07, 6.45) is 1.35. The first kappa shape index (κ1) is 29.6. The van der Waals surface area contributed by atoms with Crippen LogP contribution in [0.2, 0.25) is 0 Å². The Hall–Kier alpha value is -3.58. The summed E-state index contributed by atoms with van der Waals surface area (Å²) < 4.78 is 0. The number of hydrogen-bond acceptors (Lipinski definition) is 7. The first-order chi connectivity index (χ1) is 17.4. The van der Waals surface area contributed by atoms with Gasteiger partial charge in [-0.3, -0.25) is 19.2 Å². The first-order valence-electron chi connectivity index (χ1n) is 11.7. The van der Waals surface area contributed by atoms with Gasteiger partial charge in [0.25, 0.3) is 0 Å². The number of nitrogens with two attached hydrogens (primary N) is 1. The van der Waals surface area contributed by atoms with Crippen molar-refractivity contribution in [2.45, 2.75) is 57.3 Å². The highest BCUT2D eigenvalue weighted by atomic mass is 32.1. The number of thiol groups is 1. The van der Waals surface area contributed by atoms with Crippen molar-refractivity contribution in [1.29, 1.82) is 0 Å². The third-order valence-electron chi connectivity index (χ3n) is 5.60. The molecule has 8 N–H and O–H groups in total. The van der Waals surface area contributed by atoms with Gasteiger partial charge >= 0.3 is 11.9 Å². The molecule has 0 radical (unpaired) electrons. The zero-order valence-electron chi connectivity index (χ0n) is 20.6. The number of amides is 3. The number of aromatic nitrogens is 1. The molecule has 0 aliphatic rings. The number of nitrogens with one attached hydrogen (secondary N) is 4. The molecule has 0 bridgehead atoms. The van der Waals surface area contributed by atoms with Crippen LogP contribution in [-0.2, 0) is 30.4 Å². The summed E-state index contributed by atoms with van der Waals surface area (Å²) >= 11 is 4.07. The van der Waals surface area contributed by atoms with Crippen LogP contribution in [0.15, 0.2) is 30.5 Å². The summed E-state index contributed by atoms with van der Waals surface area (Å²) in [5.74, 6) is -5.19. The van der Waals surface area contributed by atoms with Crippen molar-refractivity contribution in [1.82, 2.24) is 20.9 Å². The van der Waals surface area contributed by atoms with E-state index in [1.54, 1.807) is 6.20 Å². The Bertz CT molecular complexity index is 1140. The number of carboxylic acids is 2. The number of rotatable bonds is 14. The lowest BCUT2D eigenvalue weighted by Crippen LogP contribution is -2.58. The third-order valence-corrected chi connectivity index (χ3v) is 5.97. The number of carbonyl (C=O) groups excluding carboxylic acids is 3. The fourth-order valence-corrected chi connectivity index (χ4v) is 3.99. The van der Waals surface area contributed by atoms with Crippen molar-refractivity contribution in [2.75, 3.05) is 5.75 Å². The summed E-state index contributed by atoms with van der Waals surface area (Å²) in [5, 5.41) is 26.2. The van der Waals surface area contributed by atoms with Crippen LogP contribution in [-0.4, -0.2) is 74.8 Å². The molecule has 202 valence electrons. The van der Waals surface area contributed by atoms with Gasteiger partial charge in [-0.15, -0.1) is 0 Å². The van der Waals surface area contributed by atoms with Crippen LogP contribution < -0.4 is 21.7 Å². The molecule has 0 saturated heterocycles. The van der Waals surface area contributed by atoms with E-state index >= 15 is 0 Å². The Balaban J connectivity index is 2.23. The molecule has 3 amide bonds. The minimum Gasteiger partial charge on any atom is -0.481 e. The Morgan fingerprint density at radius 2 is 1.54 bits per heavy atom. The number of benzene rings is 1. The van der Waals surface area contributed by atoms with Crippen molar-refractivity contribution < 1.29 is 34.2 Å². The molecule has 0 saturated carbocycles. The number of para-hydroxylation sites is 1. The number of aliphatic carboxylic acids is 2. The van der Waals surface area contributed by atoms with Crippen molar-refractivity contribution in [2.24, 2.45) is 11.7 Å². The van der Waals surface area contributed by atoms with Crippen molar-refractivity contribution in [3.05, 3.63) is 36.0 Å². The molecule has 0 fully saturated rings. The molecule has 0 aliphatic heterocycles. The quantitative estimate of drug-likeness (QED) is 0.155. The lowest BCUT2D eigenvalue weighted by atomic mass is 10.0. The van der Waals surface area contributed by atoms with Crippen LogP contribution in [0, 0.1) is 5.92 Å². The van der Waals surface area contributed by atoms with E-state index in [2.05, 4.69) is 33.6 Å². The molecule has 4 atom stereocenters. The Morgan fingerprint density at radius 3 is 2.14 bits per heavy atom. The highest BCUT2D eigenvalue weighted by Gasteiger charge is 2.31. The van der Waals surface area contributed by atoms with Gasteiger partial charge in [-0.2, -0.15) is 12.6 Å². The molecule has 1 aromatic heterocycles. The average molecular weight is 536 g/mol. The van der Waals surface area contributed by atoms with Gasteiger partial charge in [-0.25, -0.2) is 4.79 Å². The second-order valence-corrected chi connectivity index (χ2v) is 9.47. The summed E-state index contributed by atoms with van der Waals surface area (Å²) in [7, 11) is 0. The van der Waals surface area contributed by atoms with Crippen LogP contribution in [0.3, 0.4) is 0 Å². The van der Waals surface area contributed by atoms with Crippen LogP contribution >= 0.6 is 12.6 Å². The standard InChI is InChI=1S/C24H33N5O7S/c1-12(2)7-15(25)21(32)27-17(8-13-10-26-16-6-4-3-5-14(13)16)22(33)29-19(11-37)23(34)28-18(24(35)36)9-20(30)31/h3-6,10,12,15,17-19,26,37H,7-9,11,25H2,1-2H3,(H,27,32)(H,28,34)(H,29,33)(H,30,31)(H,35,36). The van der Waals surface area contributed by atoms with Crippen molar-refractivity contribution in [3.8, 4) is 0 Å². The number of carbonyl (C=O) groups is 5. The lowest BCUT2D eigenvalue weighted by Gasteiger charge is -2.24. The summed E-state index contributed by atoms with van der Waals surface area (Å²) in [6, 6.07) is 2.46. The molecule has 2 rings (SSSR count). The van der Waals surface area contributed by atoms with E-state index in [1.807, 2.05) is 38.1 Å². The van der Waals surface area contributed by atoms with E-state index in [4.69, 9.17) is 10.8 Å². The van der Waals surface area contributed by atoms with E-state index in [0.29, 0.717) is 6.42 Å². The van der Waals surface area contributed by atoms with E-state index in [-0.39, 0.29) is 18.1 Å². The predicted molar refractivity (Wildman–Crippen MR) is 139 cm³/mol. The number of hydrogen-bond donors (Lipinski definition) is 8. The maximum Gasteiger partial charge on any atom is 0.326 e. The zero-order chi connectivity index (χ0) is 27.7. The fraction of sp³-hybridized carbons (Fsp3) is 0.458.